The van der Waals surface area contributed by atoms with Crippen molar-refractivity contribution in [1.82, 2.24) is 0 Å². The molecule has 116 valence electrons. The van der Waals surface area contributed by atoms with Gasteiger partial charge in [0.25, 0.3) is 6.29 Å². The van der Waals surface area contributed by atoms with Gasteiger partial charge in [-0.05, 0) is 42.0 Å². The first kappa shape index (κ1) is 13.4. The topological polar surface area (TPSA) is 35.5 Å². The molecule has 2 heterocycles. The Morgan fingerprint density at radius 3 is 2.62 bits per heavy atom. The van der Waals surface area contributed by atoms with Crippen LogP contribution in [0.15, 0.2) is 60.2 Å². The first-order valence-corrected chi connectivity index (χ1v) is 7.93. The van der Waals surface area contributed by atoms with E-state index in [4.69, 9.17) is 9.47 Å². The van der Waals surface area contributed by atoms with Crippen molar-refractivity contribution in [3.63, 3.8) is 0 Å². The fraction of sp³-hybridized carbons (Fsp3) is 0.0952. The number of ketones is 1. The molecule has 3 aromatic rings. The fourth-order valence-corrected chi connectivity index (χ4v) is 3.38. The minimum Gasteiger partial charge on any atom is -0.450 e. The number of hydrogen-bond acceptors (Lipinski definition) is 3. The average molecular weight is 314 g/mol. The van der Waals surface area contributed by atoms with Crippen LogP contribution in [0.2, 0.25) is 0 Å². The van der Waals surface area contributed by atoms with Crippen molar-refractivity contribution in [2.75, 3.05) is 0 Å². The maximum atomic E-state index is 12.9. The highest BCUT2D eigenvalue weighted by atomic mass is 16.7. The number of benzene rings is 3. The number of rotatable bonds is 0. The zero-order valence-electron chi connectivity index (χ0n) is 13.1. The number of carbonyl (C=O) groups excluding carboxylic acids is 1. The Bertz CT molecular complexity index is 1050. The van der Waals surface area contributed by atoms with E-state index in [-0.39, 0.29) is 5.78 Å². The Balaban J connectivity index is 1.73. The van der Waals surface area contributed by atoms with E-state index in [9.17, 15) is 4.79 Å². The van der Waals surface area contributed by atoms with E-state index in [0.29, 0.717) is 16.9 Å². The van der Waals surface area contributed by atoms with Gasteiger partial charge in [0, 0.05) is 5.56 Å². The predicted molar refractivity (Wildman–Crippen MR) is 92.5 cm³/mol. The van der Waals surface area contributed by atoms with Crippen molar-refractivity contribution in [2.24, 2.45) is 0 Å². The van der Waals surface area contributed by atoms with Gasteiger partial charge >= 0.3 is 0 Å². The maximum absolute atomic E-state index is 12.9. The molecular weight excluding hydrogens is 300 g/mol. The van der Waals surface area contributed by atoms with Crippen LogP contribution in [0.3, 0.4) is 0 Å². The molecule has 0 aromatic heterocycles. The Hall–Kier alpha value is -3.07. The molecule has 0 radical (unpaired) electrons. The van der Waals surface area contributed by atoms with Crippen LogP contribution in [0.25, 0.3) is 16.8 Å². The second kappa shape index (κ2) is 4.71. The maximum Gasteiger partial charge on any atom is 0.271 e. The van der Waals surface area contributed by atoms with Crippen LogP contribution < -0.4 is 9.47 Å². The van der Waals surface area contributed by atoms with Crippen LogP contribution in [0.4, 0.5) is 0 Å². The third-order valence-electron chi connectivity index (χ3n) is 4.59. The molecule has 3 heteroatoms. The molecule has 2 aliphatic rings. The summed E-state index contributed by atoms with van der Waals surface area (Å²) in [5.74, 6) is 1.30. The Morgan fingerprint density at radius 2 is 1.71 bits per heavy atom. The van der Waals surface area contributed by atoms with Crippen LogP contribution >= 0.6 is 0 Å². The zero-order chi connectivity index (χ0) is 16.3. The molecule has 2 aliphatic heterocycles. The van der Waals surface area contributed by atoms with Gasteiger partial charge in [0.05, 0.1) is 11.1 Å². The Kier molecular flexibility index (Phi) is 2.63. The van der Waals surface area contributed by atoms with E-state index in [1.165, 1.54) is 0 Å². The van der Waals surface area contributed by atoms with Gasteiger partial charge in [-0.15, -0.1) is 0 Å². The minimum absolute atomic E-state index is 0.0245. The number of ether oxygens (including phenoxy) is 2. The van der Waals surface area contributed by atoms with E-state index in [0.717, 1.165) is 27.6 Å². The second-order valence-electron chi connectivity index (χ2n) is 6.19. The summed E-state index contributed by atoms with van der Waals surface area (Å²) in [6.07, 6.45) is 1.24. The van der Waals surface area contributed by atoms with Gasteiger partial charge in [0.2, 0.25) is 0 Å². The number of fused-ring (bicyclic) bond motifs is 5. The van der Waals surface area contributed by atoms with Gasteiger partial charge < -0.3 is 9.47 Å². The minimum atomic E-state index is -0.679. The largest absolute Gasteiger partial charge is 0.450 e. The van der Waals surface area contributed by atoms with E-state index in [1.54, 1.807) is 0 Å². The van der Waals surface area contributed by atoms with Crippen molar-refractivity contribution in [3.05, 3.63) is 76.9 Å². The molecule has 0 N–H and O–H groups in total. The molecule has 0 spiro atoms. The highest BCUT2D eigenvalue weighted by molar-refractivity contribution is 6.16. The molecule has 24 heavy (non-hydrogen) atoms. The number of aryl methyl sites for hydroxylation is 1. The van der Waals surface area contributed by atoms with Crippen LogP contribution in [0.5, 0.6) is 11.5 Å². The van der Waals surface area contributed by atoms with E-state index in [1.807, 2.05) is 61.5 Å². The SMILES string of the molecule is Cc1ccc2c(c1)C(=O)C1=Cc3c(ccc4ccccc34)OC1O2. The summed E-state index contributed by atoms with van der Waals surface area (Å²) in [5.41, 5.74) is 3.13. The fourth-order valence-electron chi connectivity index (χ4n) is 3.38. The predicted octanol–water partition coefficient (Wildman–Crippen LogP) is 4.53. The molecule has 1 unspecified atom stereocenters. The van der Waals surface area contributed by atoms with Crippen molar-refractivity contribution in [1.29, 1.82) is 0 Å². The Labute approximate surface area is 139 Å². The van der Waals surface area contributed by atoms with E-state index >= 15 is 0 Å². The van der Waals surface area contributed by atoms with Gasteiger partial charge in [-0.2, -0.15) is 0 Å². The molecule has 0 saturated carbocycles. The summed E-state index contributed by atoms with van der Waals surface area (Å²) in [7, 11) is 0. The molecular formula is C21H14O3. The molecule has 3 aromatic carbocycles. The summed E-state index contributed by atoms with van der Waals surface area (Å²) >= 11 is 0. The lowest BCUT2D eigenvalue weighted by molar-refractivity contribution is 0.0262. The third kappa shape index (κ3) is 1.81. The molecule has 5 rings (SSSR count). The summed E-state index contributed by atoms with van der Waals surface area (Å²) in [6.45, 7) is 1.97. The summed E-state index contributed by atoms with van der Waals surface area (Å²) in [4.78, 5) is 12.9. The van der Waals surface area contributed by atoms with E-state index < -0.39 is 6.29 Å². The lowest BCUT2D eigenvalue weighted by Gasteiger charge is -2.31. The smallest absolute Gasteiger partial charge is 0.271 e. The highest BCUT2D eigenvalue weighted by Gasteiger charge is 2.36. The van der Waals surface area contributed by atoms with Gasteiger partial charge in [-0.25, -0.2) is 0 Å². The molecule has 0 bridgehead atoms. The molecule has 0 fully saturated rings. The first-order valence-electron chi connectivity index (χ1n) is 7.93. The van der Waals surface area contributed by atoms with Gasteiger partial charge in [0.15, 0.2) is 5.78 Å². The molecule has 3 nitrogen and oxygen atoms in total. The molecule has 0 amide bonds. The van der Waals surface area contributed by atoms with Crippen molar-refractivity contribution >= 4 is 22.6 Å². The van der Waals surface area contributed by atoms with Crippen LogP contribution in [0, 0.1) is 6.92 Å². The monoisotopic (exact) mass is 314 g/mol. The Morgan fingerprint density at radius 1 is 0.917 bits per heavy atom. The number of carbonyl (C=O) groups is 1. The van der Waals surface area contributed by atoms with Crippen LogP contribution in [-0.4, -0.2) is 12.1 Å². The third-order valence-corrected chi connectivity index (χ3v) is 4.59. The average Bonchev–Trinajstić information content (AvgIpc) is 2.61. The quantitative estimate of drug-likeness (QED) is 0.612. The standard InChI is InChI=1S/C21H14O3/c1-12-6-8-19-16(10-12)20(22)17-11-15-14-5-3-2-4-13(14)7-9-18(15)23-21(17)24-19/h2-11,21H,1H3. The van der Waals surface area contributed by atoms with Crippen molar-refractivity contribution in [3.8, 4) is 11.5 Å². The normalized spacial score (nSPS) is 18.0. The second-order valence-corrected chi connectivity index (χ2v) is 6.19. The summed E-state index contributed by atoms with van der Waals surface area (Å²) in [5, 5.41) is 2.19. The lowest BCUT2D eigenvalue weighted by atomic mass is 9.92. The molecule has 0 saturated heterocycles. The summed E-state index contributed by atoms with van der Waals surface area (Å²) < 4.78 is 11.9. The number of hydrogen-bond donors (Lipinski definition) is 0. The van der Waals surface area contributed by atoms with E-state index in [2.05, 4.69) is 6.07 Å². The molecule has 1 atom stereocenters. The molecule has 0 aliphatic carbocycles. The number of Topliss-reactive ketones (excluding diaryl/α,β-unsaturated/α-hetero) is 1. The highest BCUT2D eigenvalue weighted by Crippen LogP contribution is 2.40. The van der Waals surface area contributed by atoms with Crippen molar-refractivity contribution in [2.45, 2.75) is 13.2 Å². The van der Waals surface area contributed by atoms with Crippen molar-refractivity contribution < 1.29 is 14.3 Å². The first-order chi connectivity index (χ1) is 11.7. The lowest BCUT2D eigenvalue weighted by Crippen LogP contribution is -2.36. The van der Waals surface area contributed by atoms with Crippen LogP contribution in [-0.2, 0) is 0 Å². The zero-order valence-corrected chi connectivity index (χ0v) is 13.1. The summed E-state index contributed by atoms with van der Waals surface area (Å²) in [6, 6.07) is 17.7. The van der Waals surface area contributed by atoms with Gasteiger partial charge in [-0.1, -0.05) is 42.0 Å². The van der Waals surface area contributed by atoms with Gasteiger partial charge in [0.1, 0.15) is 11.5 Å². The van der Waals surface area contributed by atoms with Gasteiger partial charge in [-0.3, -0.25) is 4.79 Å². The van der Waals surface area contributed by atoms with Crippen LogP contribution in [0.1, 0.15) is 21.5 Å².